The Morgan fingerprint density at radius 2 is 2.19 bits per heavy atom. The molecule has 0 aromatic heterocycles. The minimum Gasteiger partial charge on any atom is -0.384 e. The summed E-state index contributed by atoms with van der Waals surface area (Å²) in [5.74, 6) is 0.725. The smallest absolute Gasteiger partial charge is 0.0992 e. The predicted octanol–water partition coefficient (Wildman–Crippen LogP) is 4.06. The Balaban J connectivity index is 2.50. The van der Waals surface area contributed by atoms with E-state index < -0.39 is 0 Å². The van der Waals surface area contributed by atoms with Crippen molar-refractivity contribution in [3.63, 3.8) is 0 Å². The maximum absolute atomic E-state index is 8.78. The number of anilines is 1. The van der Waals surface area contributed by atoms with Gasteiger partial charge in [0, 0.05) is 6.54 Å². The lowest BCUT2D eigenvalue weighted by Gasteiger charge is -2.09. The van der Waals surface area contributed by atoms with E-state index in [2.05, 4.69) is 25.2 Å². The number of nitrogens with one attached hydrogen (secondary N) is 1. The van der Waals surface area contributed by atoms with Crippen molar-refractivity contribution in [1.82, 2.24) is 0 Å². The fraction of sp³-hybridized carbons (Fsp3) is 0.462. The minimum atomic E-state index is 0.635. The molecule has 0 aliphatic heterocycles. The molecule has 0 fully saturated rings. The first-order chi connectivity index (χ1) is 7.63. The summed E-state index contributed by atoms with van der Waals surface area (Å²) in [5.41, 5.74) is 1.49. The fourth-order valence-electron chi connectivity index (χ4n) is 1.46. The van der Waals surface area contributed by atoms with Crippen LogP contribution < -0.4 is 5.32 Å². The third-order valence-electron chi connectivity index (χ3n) is 2.37. The van der Waals surface area contributed by atoms with Crippen LogP contribution in [-0.4, -0.2) is 6.54 Å². The molecule has 1 aromatic carbocycles. The van der Waals surface area contributed by atoms with Crippen molar-refractivity contribution < 1.29 is 0 Å². The van der Waals surface area contributed by atoms with Gasteiger partial charge in [0.2, 0.25) is 0 Å². The lowest BCUT2D eigenvalue weighted by molar-refractivity contribution is 0.567. The summed E-state index contributed by atoms with van der Waals surface area (Å²) in [6.07, 6.45) is 2.31. The van der Waals surface area contributed by atoms with E-state index in [0.717, 1.165) is 24.6 Å². The van der Waals surface area contributed by atoms with Gasteiger partial charge in [-0.1, -0.05) is 25.4 Å². The minimum absolute atomic E-state index is 0.635. The molecule has 0 heterocycles. The van der Waals surface area contributed by atoms with Gasteiger partial charge < -0.3 is 5.32 Å². The lowest BCUT2D eigenvalue weighted by Crippen LogP contribution is -2.03. The summed E-state index contributed by atoms with van der Waals surface area (Å²) in [5, 5.41) is 12.7. The Morgan fingerprint density at radius 1 is 1.44 bits per heavy atom. The molecule has 2 nitrogen and oxygen atoms in total. The Bertz CT molecular complexity index is 380. The average molecular weight is 237 g/mol. The second kappa shape index (κ2) is 6.40. The molecule has 16 heavy (non-hydrogen) atoms. The Morgan fingerprint density at radius 3 is 2.81 bits per heavy atom. The van der Waals surface area contributed by atoms with E-state index in [4.69, 9.17) is 16.9 Å². The summed E-state index contributed by atoms with van der Waals surface area (Å²) in [6.45, 7) is 5.32. The Hall–Kier alpha value is -1.20. The van der Waals surface area contributed by atoms with Crippen LogP contribution in [0.4, 0.5) is 5.69 Å². The van der Waals surface area contributed by atoms with E-state index in [1.807, 2.05) is 0 Å². The monoisotopic (exact) mass is 236 g/mol. The SMILES string of the molecule is CC(C)CCCNc1cc(C#N)ccc1Cl. The molecular weight excluding hydrogens is 220 g/mol. The van der Waals surface area contributed by atoms with Crippen LogP contribution in [0.3, 0.4) is 0 Å². The second-order valence-corrected chi connectivity index (χ2v) is 4.68. The van der Waals surface area contributed by atoms with Gasteiger partial charge in [0.1, 0.15) is 0 Å². The molecule has 0 amide bonds. The number of benzene rings is 1. The first-order valence-electron chi connectivity index (χ1n) is 5.57. The van der Waals surface area contributed by atoms with E-state index >= 15 is 0 Å². The number of rotatable bonds is 5. The Kier molecular flexibility index (Phi) is 5.14. The molecule has 0 aliphatic rings. The van der Waals surface area contributed by atoms with Crippen molar-refractivity contribution in [3.05, 3.63) is 28.8 Å². The van der Waals surface area contributed by atoms with Crippen LogP contribution in [-0.2, 0) is 0 Å². The number of hydrogen-bond acceptors (Lipinski definition) is 2. The molecule has 0 atom stereocenters. The van der Waals surface area contributed by atoms with Gasteiger partial charge >= 0.3 is 0 Å². The fourth-order valence-corrected chi connectivity index (χ4v) is 1.65. The van der Waals surface area contributed by atoms with Gasteiger partial charge in [-0.05, 0) is 37.0 Å². The highest BCUT2D eigenvalue weighted by Gasteiger charge is 2.01. The van der Waals surface area contributed by atoms with Gasteiger partial charge in [-0.15, -0.1) is 0 Å². The molecule has 1 rings (SSSR count). The normalized spacial score (nSPS) is 10.2. The molecule has 0 radical (unpaired) electrons. The summed E-state index contributed by atoms with van der Waals surface area (Å²) in [7, 11) is 0. The first kappa shape index (κ1) is 12.9. The Labute approximate surface area is 102 Å². The highest BCUT2D eigenvalue weighted by atomic mass is 35.5. The van der Waals surface area contributed by atoms with Crippen molar-refractivity contribution >= 4 is 17.3 Å². The zero-order valence-corrected chi connectivity index (χ0v) is 10.5. The molecule has 0 saturated heterocycles. The molecule has 0 aliphatic carbocycles. The van der Waals surface area contributed by atoms with Crippen LogP contribution in [0.25, 0.3) is 0 Å². The summed E-state index contributed by atoms with van der Waals surface area (Å²) in [4.78, 5) is 0. The zero-order chi connectivity index (χ0) is 12.0. The summed E-state index contributed by atoms with van der Waals surface area (Å²) < 4.78 is 0. The van der Waals surface area contributed by atoms with Gasteiger partial charge in [-0.2, -0.15) is 5.26 Å². The van der Waals surface area contributed by atoms with E-state index in [0.29, 0.717) is 10.6 Å². The van der Waals surface area contributed by atoms with Crippen LogP contribution in [0.2, 0.25) is 5.02 Å². The van der Waals surface area contributed by atoms with E-state index in [1.165, 1.54) is 6.42 Å². The maximum atomic E-state index is 8.78. The summed E-state index contributed by atoms with van der Waals surface area (Å²) >= 11 is 6.02. The van der Waals surface area contributed by atoms with Crippen LogP contribution in [0.1, 0.15) is 32.3 Å². The number of nitriles is 1. The second-order valence-electron chi connectivity index (χ2n) is 4.27. The van der Waals surface area contributed by atoms with E-state index in [1.54, 1.807) is 18.2 Å². The van der Waals surface area contributed by atoms with Crippen LogP contribution in [0, 0.1) is 17.2 Å². The van der Waals surface area contributed by atoms with Gasteiger partial charge in [0.25, 0.3) is 0 Å². The largest absolute Gasteiger partial charge is 0.384 e. The van der Waals surface area contributed by atoms with Gasteiger partial charge in [0.15, 0.2) is 0 Å². The molecule has 0 spiro atoms. The lowest BCUT2D eigenvalue weighted by atomic mass is 10.1. The highest BCUT2D eigenvalue weighted by Crippen LogP contribution is 2.22. The quantitative estimate of drug-likeness (QED) is 0.783. The van der Waals surface area contributed by atoms with Crippen molar-refractivity contribution in [2.24, 2.45) is 5.92 Å². The predicted molar refractivity (Wildman–Crippen MR) is 68.7 cm³/mol. The topological polar surface area (TPSA) is 35.8 Å². The van der Waals surface area contributed by atoms with Gasteiger partial charge in [-0.3, -0.25) is 0 Å². The number of halogens is 1. The van der Waals surface area contributed by atoms with Crippen molar-refractivity contribution in [2.75, 3.05) is 11.9 Å². The molecule has 0 bridgehead atoms. The molecule has 0 saturated carbocycles. The number of nitrogens with zero attached hydrogens (tertiary/aromatic N) is 1. The van der Waals surface area contributed by atoms with Gasteiger partial charge in [-0.25, -0.2) is 0 Å². The molecular formula is C13H17ClN2. The third kappa shape index (κ3) is 4.12. The van der Waals surface area contributed by atoms with Crippen molar-refractivity contribution in [2.45, 2.75) is 26.7 Å². The van der Waals surface area contributed by atoms with Crippen molar-refractivity contribution in [3.8, 4) is 6.07 Å². The maximum Gasteiger partial charge on any atom is 0.0992 e. The number of hydrogen-bond donors (Lipinski definition) is 1. The molecule has 86 valence electrons. The van der Waals surface area contributed by atoms with Crippen molar-refractivity contribution in [1.29, 1.82) is 5.26 Å². The highest BCUT2D eigenvalue weighted by molar-refractivity contribution is 6.33. The van der Waals surface area contributed by atoms with E-state index in [9.17, 15) is 0 Å². The molecule has 0 unspecified atom stereocenters. The standard InChI is InChI=1S/C13H17ClN2/c1-10(2)4-3-7-16-13-8-11(9-15)5-6-12(13)14/h5-6,8,10,16H,3-4,7H2,1-2H3. The molecule has 1 aromatic rings. The van der Waals surface area contributed by atoms with Crippen LogP contribution in [0.15, 0.2) is 18.2 Å². The van der Waals surface area contributed by atoms with Crippen LogP contribution >= 0.6 is 11.6 Å². The summed E-state index contributed by atoms with van der Waals surface area (Å²) in [6, 6.07) is 7.37. The van der Waals surface area contributed by atoms with Crippen LogP contribution in [0.5, 0.6) is 0 Å². The van der Waals surface area contributed by atoms with Gasteiger partial charge in [0.05, 0.1) is 22.3 Å². The average Bonchev–Trinajstić information content (AvgIpc) is 2.26. The zero-order valence-electron chi connectivity index (χ0n) is 9.76. The van der Waals surface area contributed by atoms with E-state index in [-0.39, 0.29) is 0 Å². The first-order valence-corrected chi connectivity index (χ1v) is 5.95. The molecule has 3 heteroatoms. The molecule has 1 N–H and O–H groups in total. The third-order valence-corrected chi connectivity index (χ3v) is 2.70.